The SMILES string of the molecule is [F-].[F-].[Mg+2].[Sr+2]. The number of hydrogen-bond acceptors (Lipinski definition) is 0. The number of hydrogen-bond donors (Lipinski definition) is 0. The molecule has 0 fully saturated rings. The van der Waals surface area contributed by atoms with Gasteiger partial charge in [-0.1, -0.05) is 0 Å². The summed E-state index contributed by atoms with van der Waals surface area (Å²) in [5.41, 5.74) is 0. The van der Waals surface area contributed by atoms with E-state index in [1.165, 1.54) is 0 Å². The Balaban J connectivity index is 0. The molecule has 4 heavy (non-hydrogen) atoms. The Hall–Kier alpha value is 2.11. The number of halogens is 2. The first kappa shape index (κ1) is 35.9. The van der Waals surface area contributed by atoms with Crippen molar-refractivity contribution in [1.82, 2.24) is 0 Å². The van der Waals surface area contributed by atoms with Crippen LogP contribution in [0, 0.1) is 0 Å². The minimum absolute atomic E-state index is 0. The van der Waals surface area contributed by atoms with Gasteiger partial charge in [0.25, 0.3) is 0 Å². The van der Waals surface area contributed by atoms with Gasteiger partial charge < -0.3 is 9.41 Å². The Morgan fingerprint density at radius 3 is 0.750 bits per heavy atom. The zero-order valence-electron chi connectivity index (χ0n) is 2.17. The molecule has 0 amide bonds. The van der Waals surface area contributed by atoms with Crippen LogP contribution in [0.4, 0.5) is 0 Å². The summed E-state index contributed by atoms with van der Waals surface area (Å²) >= 11 is 0. The molecule has 0 aromatic heterocycles. The van der Waals surface area contributed by atoms with Gasteiger partial charge in [-0.25, -0.2) is 0 Å². The maximum Gasteiger partial charge on any atom is 2.00 e. The summed E-state index contributed by atoms with van der Waals surface area (Å²) in [6.07, 6.45) is 0. The second-order valence-corrected chi connectivity index (χ2v) is 0. The topological polar surface area (TPSA) is 0 Å². The molecule has 0 saturated carbocycles. The van der Waals surface area contributed by atoms with Gasteiger partial charge in [-0.3, -0.25) is 0 Å². The summed E-state index contributed by atoms with van der Waals surface area (Å²) in [5.74, 6) is 0. The van der Waals surface area contributed by atoms with E-state index < -0.39 is 0 Å². The molecule has 0 N–H and O–H groups in total. The third-order valence-corrected chi connectivity index (χ3v) is 0. The van der Waals surface area contributed by atoms with Crippen molar-refractivity contribution in [2.75, 3.05) is 0 Å². The molecule has 0 rings (SSSR count). The molecule has 0 saturated heterocycles. The summed E-state index contributed by atoms with van der Waals surface area (Å²) in [6.45, 7) is 0. The molecule has 0 unspecified atom stereocenters. The van der Waals surface area contributed by atoms with Gasteiger partial charge in [0, 0.05) is 0 Å². The van der Waals surface area contributed by atoms with E-state index in [0.29, 0.717) is 0 Å². The predicted molar refractivity (Wildman–Crippen MR) is 11.5 cm³/mol. The van der Waals surface area contributed by atoms with Gasteiger partial charge in [0.1, 0.15) is 0 Å². The van der Waals surface area contributed by atoms with Gasteiger partial charge in [-0.05, 0) is 0 Å². The Morgan fingerprint density at radius 2 is 0.750 bits per heavy atom. The van der Waals surface area contributed by atoms with Crippen LogP contribution >= 0.6 is 0 Å². The quantitative estimate of drug-likeness (QED) is 0.301. The molecule has 0 aliphatic carbocycles. The normalized spacial score (nSPS) is 0. The Kier molecular flexibility index (Phi) is 174. The van der Waals surface area contributed by atoms with E-state index in [1.54, 1.807) is 0 Å². The van der Waals surface area contributed by atoms with Gasteiger partial charge >= 0.3 is 68.5 Å². The van der Waals surface area contributed by atoms with Crippen LogP contribution in [-0.2, 0) is 0 Å². The minimum atomic E-state index is 0. The van der Waals surface area contributed by atoms with Crippen LogP contribution in [0.3, 0.4) is 0 Å². The summed E-state index contributed by atoms with van der Waals surface area (Å²) in [5, 5.41) is 0. The molecule has 16 valence electrons. The molecule has 0 aromatic carbocycles. The number of rotatable bonds is 0. The zero-order chi connectivity index (χ0) is 0. The Bertz CT molecular complexity index is 6.00. The van der Waals surface area contributed by atoms with Crippen LogP contribution in [-0.4, -0.2) is 68.5 Å². The van der Waals surface area contributed by atoms with Crippen molar-refractivity contribution in [2.45, 2.75) is 0 Å². The second-order valence-electron chi connectivity index (χ2n) is 0. The minimum Gasteiger partial charge on any atom is -1.00 e. The molecule has 0 nitrogen and oxygen atoms in total. The van der Waals surface area contributed by atoms with E-state index in [-0.39, 0.29) is 77.9 Å². The van der Waals surface area contributed by atoms with Crippen LogP contribution in [0.2, 0.25) is 0 Å². The third-order valence-electron chi connectivity index (χ3n) is 0. The standard InChI is InChI=1S/2FH.Mg.Sr/h2*1H;;/q;;2*+2/p-2. The Morgan fingerprint density at radius 1 is 0.750 bits per heavy atom. The molecule has 0 atom stereocenters. The average Bonchev–Trinajstić information content (AvgIpc) is 0. The van der Waals surface area contributed by atoms with Crippen molar-refractivity contribution in [3.63, 3.8) is 0 Å². The van der Waals surface area contributed by atoms with Crippen molar-refractivity contribution in [3.8, 4) is 0 Å². The molecule has 0 aromatic rings. The monoisotopic (exact) mass is 150 g/mol. The van der Waals surface area contributed by atoms with E-state index in [0.717, 1.165) is 0 Å². The maximum absolute atomic E-state index is 0. The van der Waals surface area contributed by atoms with Gasteiger partial charge in [0.05, 0.1) is 0 Å². The Labute approximate surface area is 76.5 Å². The van der Waals surface area contributed by atoms with Crippen molar-refractivity contribution in [1.29, 1.82) is 0 Å². The fourth-order valence-electron chi connectivity index (χ4n) is 0. The van der Waals surface area contributed by atoms with E-state index in [2.05, 4.69) is 0 Å². The summed E-state index contributed by atoms with van der Waals surface area (Å²) in [6, 6.07) is 0. The smallest absolute Gasteiger partial charge is 1.00 e. The second kappa shape index (κ2) is 19.4. The summed E-state index contributed by atoms with van der Waals surface area (Å²) < 4.78 is 0. The van der Waals surface area contributed by atoms with Crippen LogP contribution < -0.4 is 9.41 Å². The van der Waals surface area contributed by atoms with Crippen LogP contribution in [0.25, 0.3) is 0 Å². The first-order valence-corrected chi connectivity index (χ1v) is 0. The van der Waals surface area contributed by atoms with E-state index in [9.17, 15) is 0 Å². The van der Waals surface area contributed by atoms with Crippen molar-refractivity contribution in [2.24, 2.45) is 0 Å². The molecule has 0 heterocycles. The van der Waals surface area contributed by atoms with Crippen molar-refractivity contribution >= 4 is 68.5 Å². The first-order chi connectivity index (χ1) is 0. The van der Waals surface area contributed by atoms with E-state index in [1.807, 2.05) is 0 Å². The largest absolute Gasteiger partial charge is 2.00 e. The molecular weight excluding hydrogens is 150 g/mol. The third kappa shape index (κ3) is 8.93. The van der Waals surface area contributed by atoms with E-state index >= 15 is 0 Å². The molecule has 0 bridgehead atoms. The van der Waals surface area contributed by atoms with Gasteiger partial charge in [-0.2, -0.15) is 0 Å². The zero-order valence-corrected chi connectivity index (χ0v) is 7.06. The van der Waals surface area contributed by atoms with Crippen LogP contribution in [0.5, 0.6) is 0 Å². The molecule has 0 spiro atoms. The van der Waals surface area contributed by atoms with Crippen molar-refractivity contribution < 1.29 is 9.41 Å². The van der Waals surface area contributed by atoms with E-state index in [4.69, 9.17) is 0 Å². The molecular formula is F2MgSr+2. The van der Waals surface area contributed by atoms with Gasteiger partial charge in [-0.15, -0.1) is 0 Å². The molecule has 0 radical (unpaired) electrons. The molecule has 0 aliphatic rings. The first-order valence-electron chi connectivity index (χ1n) is 0. The molecule has 4 heteroatoms. The van der Waals surface area contributed by atoms with Crippen LogP contribution in [0.15, 0.2) is 0 Å². The van der Waals surface area contributed by atoms with Gasteiger partial charge in [0.2, 0.25) is 0 Å². The summed E-state index contributed by atoms with van der Waals surface area (Å²) in [4.78, 5) is 0. The summed E-state index contributed by atoms with van der Waals surface area (Å²) in [7, 11) is 0. The van der Waals surface area contributed by atoms with Crippen LogP contribution in [0.1, 0.15) is 0 Å². The maximum atomic E-state index is 0. The fraction of sp³-hybridized carbons (Fsp3) is 0. The molecule has 0 aliphatic heterocycles. The van der Waals surface area contributed by atoms with Crippen molar-refractivity contribution in [3.05, 3.63) is 0 Å². The average molecular weight is 150 g/mol. The van der Waals surface area contributed by atoms with Gasteiger partial charge in [0.15, 0.2) is 0 Å². The predicted octanol–water partition coefficient (Wildman–Crippen LogP) is -6.75. The fourth-order valence-corrected chi connectivity index (χ4v) is 0.